The highest BCUT2D eigenvalue weighted by Crippen LogP contribution is 2.12. The van der Waals surface area contributed by atoms with Gasteiger partial charge in [0.25, 0.3) is 0 Å². The van der Waals surface area contributed by atoms with Crippen LogP contribution in [-0.4, -0.2) is 30.7 Å². The van der Waals surface area contributed by atoms with Gasteiger partial charge in [-0.25, -0.2) is 0 Å². The van der Waals surface area contributed by atoms with Gasteiger partial charge < -0.3 is 14.6 Å². The summed E-state index contributed by atoms with van der Waals surface area (Å²) in [4.78, 5) is 11.2. The molecular weight excluding hydrogens is 268 g/mol. The van der Waals surface area contributed by atoms with Crippen molar-refractivity contribution in [3.63, 3.8) is 0 Å². The van der Waals surface area contributed by atoms with Crippen LogP contribution in [0.25, 0.3) is 0 Å². The van der Waals surface area contributed by atoms with Gasteiger partial charge in [0.2, 0.25) is 0 Å². The summed E-state index contributed by atoms with van der Waals surface area (Å²) in [6.07, 6.45) is 0. The first-order chi connectivity index (χ1) is 10.3. The van der Waals surface area contributed by atoms with Crippen molar-refractivity contribution < 1.29 is 19.4 Å². The van der Waals surface area contributed by atoms with Crippen LogP contribution in [0.15, 0.2) is 54.6 Å². The van der Waals surface area contributed by atoms with Crippen molar-refractivity contribution in [2.75, 3.05) is 19.8 Å². The highest BCUT2D eigenvalue weighted by atomic mass is 16.5. The van der Waals surface area contributed by atoms with Crippen LogP contribution in [0, 0.1) is 0 Å². The fourth-order valence-corrected chi connectivity index (χ4v) is 1.81. The molecule has 0 saturated carbocycles. The van der Waals surface area contributed by atoms with E-state index in [1.807, 2.05) is 30.3 Å². The number of hydrogen-bond donors (Lipinski definition) is 1. The number of aliphatic hydroxyl groups is 1. The zero-order valence-electron chi connectivity index (χ0n) is 11.7. The van der Waals surface area contributed by atoms with Crippen LogP contribution in [0.5, 0.6) is 5.75 Å². The molecule has 2 aromatic rings. The van der Waals surface area contributed by atoms with Gasteiger partial charge in [0.15, 0.2) is 5.78 Å². The lowest BCUT2D eigenvalue weighted by molar-refractivity contribution is 0.0886. The maximum absolute atomic E-state index is 11.2. The number of Topliss-reactive ketones (excluding diaryl/α,β-unsaturated/α-hetero) is 1. The molecule has 0 bridgehead atoms. The molecule has 0 unspecified atom stereocenters. The summed E-state index contributed by atoms with van der Waals surface area (Å²) in [6.45, 7) is 1.02. The Labute approximate surface area is 123 Å². The molecule has 0 aliphatic rings. The van der Waals surface area contributed by atoms with Gasteiger partial charge in [-0.2, -0.15) is 0 Å². The largest absolute Gasteiger partial charge is 0.491 e. The maximum Gasteiger partial charge on any atom is 0.188 e. The van der Waals surface area contributed by atoms with Crippen molar-refractivity contribution in [1.29, 1.82) is 0 Å². The molecule has 4 heteroatoms. The molecule has 0 atom stereocenters. The fourth-order valence-electron chi connectivity index (χ4n) is 1.81. The molecule has 0 fully saturated rings. The summed E-state index contributed by atoms with van der Waals surface area (Å²) in [5.74, 6) is 0.376. The highest BCUT2D eigenvalue weighted by Gasteiger charge is 2.03. The topological polar surface area (TPSA) is 55.8 Å². The SMILES string of the molecule is O=C(CO)c1ccc(OCCOCc2ccccc2)cc1. The molecular formula is C17H18O4. The summed E-state index contributed by atoms with van der Waals surface area (Å²) in [7, 11) is 0. The van der Waals surface area contributed by atoms with Crippen molar-refractivity contribution in [2.24, 2.45) is 0 Å². The number of ketones is 1. The molecule has 0 spiro atoms. The van der Waals surface area contributed by atoms with Crippen LogP contribution in [0.1, 0.15) is 15.9 Å². The monoisotopic (exact) mass is 286 g/mol. The lowest BCUT2D eigenvalue weighted by atomic mass is 10.1. The molecule has 0 aliphatic carbocycles. The number of rotatable bonds is 8. The highest BCUT2D eigenvalue weighted by molar-refractivity contribution is 5.96. The summed E-state index contributed by atoms with van der Waals surface area (Å²) >= 11 is 0. The van der Waals surface area contributed by atoms with E-state index in [9.17, 15) is 4.79 Å². The van der Waals surface area contributed by atoms with Crippen molar-refractivity contribution in [3.05, 3.63) is 65.7 Å². The van der Waals surface area contributed by atoms with E-state index in [0.29, 0.717) is 31.1 Å². The number of hydrogen-bond acceptors (Lipinski definition) is 4. The third-order valence-electron chi connectivity index (χ3n) is 2.93. The van der Waals surface area contributed by atoms with Crippen LogP contribution in [-0.2, 0) is 11.3 Å². The van der Waals surface area contributed by atoms with Gasteiger partial charge in [0.05, 0.1) is 13.2 Å². The molecule has 110 valence electrons. The van der Waals surface area contributed by atoms with E-state index in [4.69, 9.17) is 14.6 Å². The van der Waals surface area contributed by atoms with Crippen molar-refractivity contribution in [3.8, 4) is 5.75 Å². The Morgan fingerprint density at radius 1 is 0.952 bits per heavy atom. The quantitative estimate of drug-likeness (QED) is 0.598. The molecule has 0 aromatic heterocycles. The molecule has 0 aliphatic heterocycles. The molecule has 0 saturated heterocycles. The van der Waals surface area contributed by atoms with Crippen molar-refractivity contribution >= 4 is 5.78 Å². The number of carbonyl (C=O) groups excluding carboxylic acids is 1. The number of benzene rings is 2. The Kier molecular flexibility index (Phi) is 5.94. The zero-order valence-corrected chi connectivity index (χ0v) is 11.7. The Bertz CT molecular complexity index is 549. The predicted octanol–water partition coefficient (Wildman–Crippen LogP) is 2.46. The third-order valence-corrected chi connectivity index (χ3v) is 2.93. The molecule has 1 N–H and O–H groups in total. The Morgan fingerprint density at radius 2 is 1.67 bits per heavy atom. The number of ether oxygens (including phenoxy) is 2. The van der Waals surface area contributed by atoms with Crippen LogP contribution in [0.4, 0.5) is 0 Å². The molecule has 2 rings (SSSR count). The lowest BCUT2D eigenvalue weighted by Crippen LogP contribution is -2.07. The van der Waals surface area contributed by atoms with Gasteiger partial charge in [0.1, 0.15) is 19.0 Å². The molecule has 0 heterocycles. The second-order valence-corrected chi connectivity index (χ2v) is 4.49. The van der Waals surface area contributed by atoms with E-state index < -0.39 is 6.61 Å². The van der Waals surface area contributed by atoms with E-state index in [-0.39, 0.29) is 5.78 Å². The first kappa shape index (κ1) is 15.2. The Morgan fingerprint density at radius 3 is 2.33 bits per heavy atom. The molecule has 0 amide bonds. The summed E-state index contributed by atoms with van der Waals surface area (Å²) < 4.78 is 11.0. The average Bonchev–Trinajstić information content (AvgIpc) is 2.55. The standard InChI is InChI=1S/C17H18O4/c18-12-17(19)15-6-8-16(9-7-15)21-11-10-20-13-14-4-2-1-3-5-14/h1-9,18H,10-13H2. The summed E-state index contributed by atoms with van der Waals surface area (Å²) in [5.41, 5.74) is 1.61. The summed E-state index contributed by atoms with van der Waals surface area (Å²) in [6, 6.07) is 16.6. The zero-order chi connectivity index (χ0) is 14.9. The minimum absolute atomic E-state index is 0.298. The maximum atomic E-state index is 11.2. The summed E-state index contributed by atoms with van der Waals surface area (Å²) in [5, 5.41) is 8.75. The van der Waals surface area contributed by atoms with E-state index in [0.717, 1.165) is 5.56 Å². The van der Waals surface area contributed by atoms with E-state index >= 15 is 0 Å². The van der Waals surface area contributed by atoms with Gasteiger partial charge in [0, 0.05) is 5.56 Å². The van der Waals surface area contributed by atoms with Gasteiger partial charge in [-0.15, -0.1) is 0 Å². The van der Waals surface area contributed by atoms with Crippen LogP contribution < -0.4 is 4.74 Å². The second-order valence-electron chi connectivity index (χ2n) is 4.49. The first-order valence-corrected chi connectivity index (χ1v) is 6.78. The second kappa shape index (κ2) is 8.19. The van der Waals surface area contributed by atoms with Crippen LogP contribution in [0.2, 0.25) is 0 Å². The van der Waals surface area contributed by atoms with Crippen LogP contribution >= 0.6 is 0 Å². The first-order valence-electron chi connectivity index (χ1n) is 6.78. The van der Waals surface area contributed by atoms with Crippen molar-refractivity contribution in [2.45, 2.75) is 6.61 Å². The van der Waals surface area contributed by atoms with E-state index in [2.05, 4.69) is 0 Å². The predicted molar refractivity (Wildman–Crippen MR) is 79.5 cm³/mol. The molecule has 21 heavy (non-hydrogen) atoms. The van der Waals surface area contributed by atoms with Gasteiger partial charge >= 0.3 is 0 Å². The third kappa shape index (κ3) is 5.02. The van der Waals surface area contributed by atoms with Gasteiger partial charge in [-0.05, 0) is 29.8 Å². The molecule has 2 aromatic carbocycles. The number of aliphatic hydroxyl groups excluding tert-OH is 1. The number of carbonyl (C=O) groups is 1. The minimum Gasteiger partial charge on any atom is -0.491 e. The minimum atomic E-state index is -0.479. The fraction of sp³-hybridized carbons (Fsp3) is 0.235. The van der Waals surface area contributed by atoms with Gasteiger partial charge in [-0.1, -0.05) is 30.3 Å². The Hall–Kier alpha value is -2.17. The normalized spacial score (nSPS) is 10.3. The van der Waals surface area contributed by atoms with E-state index in [1.165, 1.54) is 0 Å². The molecule has 4 nitrogen and oxygen atoms in total. The molecule has 0 radical (unpaired) electrons. The smallest absolute Gasteiger partial charge is 0.188 e. The van der Waals surface area contributed by atoms with Gasteiger partial charge in [-0.3, -0.25) is 4.79 Å². The lowest BCUT2D eigenvalue weighted by Gasteiger charge is -2.08. The van der Waals surface area contributed by atoms with Crippen molar-refractivity contribution in [1.82, 2.24) is 0 Å². The van der Waals surface area contributed by atoms with Crippen LogP contribution in [0.3, 0.4) is 0 Å². The average molecular weight is 286 g/mol. The van der Waals surface area contributed by atoms with E-state index in [1.54, 1.807) is 24.3 Å². The Balaban J connectivity index is 1.68.